The van der Waals surface area contributed by atoms with Crippen molar-refractivity contribution in [2.45, 2.75) is 92.1 Å². The van der Waals surface area contributed by atoms with Gasteiger partial charge >= 0.3 is 0 Å². The molecule has 3 fully saturated rings. The van der Waals surface area contributed by atoms with Gasteiger partial charge in [0.15, 0.2) is 0 Å². The highest BCUT2D eigenvalue weighted by Crippen LogP contribution is 2.66. The smallest absolute Gasteiger partial charge is 0.144 e. The van der Waals surface area contributed by atoms with Gasteiger partial charge < -0.3 is 10.6 Å². The van der Waals surface area contributed by atoms with Gasteiger partial charge in [-0.1, -0.05) is 44.5 Å². The summed E-state index contributed by atoms with van der Waals surface area (Å²) in [4.78, 5) is 18.5. The van der Waals surface area contributed by atoms with Crippen LogP contribution in [0.15, 0.2) is 16.8 Å². The van der Waals surface area contributed by atoms with E-state index in [1.54, 1.807) is 5.57 Å². The van der Waals surface area contributed by atoms with Gasteiger partial charge in [-0.25, -0.2) is 0 Å². The summed E-state index contributed by atoms with van der Waals surface area (Å²) in [7, 11) is 0. The largest absolute Gasteiger partial charge is 0.388 e. The average Bonchev–Trinajstić information content (AvgIpc) is 2.96. The van der Waals surface area contributed by atoms with Gasteiger partial charge in [0.05, 0.1) is 5.71 Å². The molecule has 3 saturated carbocycles. The summed E-state index contributed by atoms with van der Waals surface area (Å²) in [5.74, 6) is 2.46. The van der Waals surface area contributed by atoms with Crippen LogP contribution in [0.4, 0.5) is 0 Å². The van der Waals surface area contributed by atoms with E-state index in [9.17, 15) is 4.79 Å². The van der Waals surface area contributed by atoms with E-state index < -0.39 is 5.60 Å². The molecule has 0 spiro atoms. The summed E-state index contributed by atoms with van der Waals surface area (Å²) in [5, 5.41) is 4.63. The molecule has 0 aromatic rings. The highest BCUT2D eigenvalue weighted by atomic mass is 16.6. The summed E-state index contributed by atoms with van der Waals surface area (Å²) in [6, 6.07) is 0. The molecule has 0 amide bonds. The van der Waals surface area contributed by atoms with Gasteiger partial charge in [0.25, 0.3) is 0 Å². The minimum Gasteiger partial charge on any atom is -0.388 e. The van der Waals surface area contributed by atoms with Gasteiger partial charge in [0, 0.05) is 23.8 Å². The van der Waals surface area contributed by atoms with Crippen molar-refractivity contribution >= 4 is 11.5 Å². The van der Waals surface area contributed by atoms with E-state index in [1.165, 1.54) is 6.42 Å². The molecule has 0 heterocycles. The van der Waals surface area contributed by atoms with Crippen molar-refractivity contribution in [3.05, 3.63) is 11.6 Å². The second-order valence-corrected chi connectivity index (χ2v) is 11.8. The number of fused-ring (bicyclic) bond motifs is 5. The average molecular weight is 401 g/mol. The third kappa shape index (κ3) is 3.04. The first-order chi connectivity index (χ1) is 13.5. The molecule has 4 aliphatic carbocycles. The highest BCUT2D eigenvalue weighted by Gasteiger charge is 2.60. The Hall–Kier alpha value is -1.16. The lowest BCUT2D eigenvalue weighted by Gasteiger charge is -2.59. The zero-order valence-electron chi connectivity index (χ0n) is 19.3. The van der Waals surface area contributed by atoms with Gasteiger partial charge in [-0.15, -0.1) is 0 Å². The van der Waals surface area contributed by atoms with Crippen LogP contribution in [0.3, 0.4) is 0 Å². The molecule has 29 heavy (non-hydrogen) atoms. The quantitative estimate of drug-likeness (QED) is 0.519. The number of carbonyl (C=O) groups excluding carboxylic acids is 1. The summed E-state index contributed by atoms with van der Waals surface area (Å²) in [6.07, 6.45) is 9.93. The second-order valence-electron chi connectivity index (χ2n) is 11.8. The molecule has 4 nitrogen and oxygen atoms in total. The highest BCUT2D eigenvalue weighted by molar-refractivity contribution is 5.93. The Morgan fingerprint density at radius 2 is 1.79 bits per heavy atom. The van der Waals surface area contributed by atoms with Crippen molar-refractivity contribution < 1.29 is 9.63 Å². The summed E-state index contributed by atoms with van der Waals surface area (Å²) >= 11 is 0. The summed E-state index contributed by atoms with van der Waals surface area (Å²) in [5.41, 5.74) is 8.16. The fraction of sp³-hybridized carbons (Fsp3) is 0.840. The minimum absolute atomic E-state index is 0.0542. The monoisotopic (exact) mass is 400 g/mol. The third-order valence-electron chi connectivity index (χ3n) is 9.34. The van der Waals surface area contributed by atoms with E-state index in [4.69, 9.17) is 10.6 Å². The first kappa shape index (κ1) is 21.1. The molecule has 4 heteroatoms. The van der Waals surface area contributed by atoms with Crippen molar-refractivity contribution in [2.75, 3.05) is 6.54 Å². The van der Waals surface area contributed by atoms with Crippen LogP contribution in [-0.4, -0.2) is 23.6 Å². The topological polar surface area (TPSA) is 64.7 Å². The minimum atomic E-state index is -0.432. The summed E-state index contributed by atoms with van der Waals surface area (Å²) in [6.45, 7) is 13.8. The Bertz CT molecular complexity index is 765. The van der Waals surface area contributed by atoms with E-state index in [1.807, 2.05) is 13.8 Å². The Labute approximate surface area is 176 Å². The van der Waals surface area contributed by atoms with Crippen LogP contribution >= 0.6 is 0 Å². The fourth-order valence-corrected chi connectivity index (χ4v) is 7.38. The van der Waals surface area contributed by atoms with Crippen LogP contribution < -0.4 is 5.73 Å². The molecule has 0 aliphatic heterocycles. The van der Waals surface area contributed by atoms with Gasteiger partial charge in [0.1, 0.15) is 11.4 Å². The second kappa shape index (κ2) is 6.67. The maximum atomic E-state index is 12.6. The maximum Gasteiger partial charge on any atom is 0.144 e. The predicted octanol–water partition coefficient (Wildman–Crippen LogP) is 5.26. The van der Waals surface area contributed by atoms with Crippen molar-refractivity contribution in [1.29, 1.82) is 0 Å². The maximum absolute atomic E-state index is 12.6. The number of carbonyl (C=O) groups is 1. The van der Waals surface area contributed by atoms with Crippen molar-refractivity contribution in [3.63, 3.8) is 0 Å². The Morgan fingerprint density at radius 3 is 2.48 bits per heavy atom. The lowest BCUT2D eigenvalue weighted by atomic mass is 9.45. The molecule has 4 aliphatic rings. The lowest BCUT2D eigenvalue weighted by molar-refractivity contribution is -0.131. The molecule has 0 radical (unpaired) electrons. The number of ketones is 1. The van der Waals surface area contributed by atoms with Crippen molar-refractivity contribution in [2.24, 2.45) is 44.9 Å². The molecular formula is C25H40N2O2. The number of oxime groups is 1. The number of Topliss-reactive ketones (excluding diaryl/α,β-unsaturated/α-hetero) is 1. The lowest BCUT2D eigenvalue weighted by Crippen LogP contribution is -2.53. The molecule has 0 aromatic carbocycles. The first-order valence-corrected chi connectivity index (χ1v) is 11.7. The molecule has 0 saturated heterocycles. The molecular weight excluding hydrogens is 360 g/mol. The number of hydrogen-bond donors (Lipinski definition) is 1. The molecule has 4 rings (SSSR count). The van der Waals surface area contributed by atoms with Crippen LogP contribution in [0.5, 0.6) is 0 Å². The number of nitrogens with two attached hydrogens (primary N) is 1. The predicted molar refractivity (Wildman–Crippen MR) is 118 cm³/mol. The normalized spacial score (nSPS) is 42.7. The molecule has 0 unspecified atom stereocenters. The number of rotatable bonds is 3. The van der Waals surface area contributed by atoms with E-state index in [-0.39, 0.29) is 16.2 Å². The van der Waals surface area contributed by atoms with Gasteiger partial charge in [0.2, 0.25) is 0 Å². The van der Waals surface area contributed by atoms with Crippen LogP contribution in [0.25, 0.3) is 0 Å². The first-order valence-electron chi connectivity index (χ1n) is 11.7. The fourth-order valence-electron chi connectivity index (χ4n) is 7.38. The Morgan fingerprint density at radius 1 is 1.10 bits per heavy atom. The van der Waals surface area contributed by atoms with E-state index in [0.717, 1.165) is 44.2 Å². The Kier molecular flexibility index (Phi) is 4.85. The number of nitrogens with zero attached hydrogens (tertiary/aromatic N) is 1. The molecule has 5 atom stereocenters. The van der Waals surface area contributed by atoms with Crippen molar-refractivity contribution in [1.82, 2.24) is 0 Å². The number of hydrogen-bond acceptors (Lipinski definition) is 4. The van der Waals surface area contributed by atoms with Crippen LogP contribution in [0.1, 0.15) is 86.5 Å². The van der Waals surface area contributed by atoms with Gasteiger partial charge in [-0.2, -0.15) is 0 Å². The zero-order chi connectivity index (χ0) is 21.2. The van der Waals surface area contributed by atoms with Crippen LogP contribution in [0.2, 0.25) is 0 Å². The molecule has 0 aromatic heterocycles. The zero-order valence-corrected chi connectivity index (χ0v) is 19.3. The molecule has 2 N–H and O–H groups in total. The van der Waals surface area contributed by atoms with E-state index in [2.05, 4.69) is 38.9 Å². The van der Waals surface area contributed by atoms with E-state index in [0.29, 0.717) is 30.1 Å². The van der Waals surface area contributed by atoms with E-state index >= 15 is 0 Å². The standard InChI is InChI=1S/C25H40N2O2/c1-22(2,15-26)29-27-20-12-14-24(5)18-11-13-25(6)17(8-10-21(25)28)16(18)7-9-19(24)23(20,3)4/h9,16-18H,7-8,10-15,26H2,1-6H3/b27-20+/t16-,17-,18-,24+,25-/m0/s1. The summed E-state index contributed by atoms with van der Waals surface area (Å²) < 4.78 is 0. The van der Waals surface area contributed by atoms with Gasteiger partial charge in [-0.3, -0.25) is 4.79 Å². The number of allylic oxidation sites excluding steroid dienone is 2. The molecule has 0 bridgehead atoms. The molecule has 162 valence electrons. The van der Waals surface area contributed by atoms with Crippen LogP contribution in [-0.2, 0) is 9.63 Å². The third-order valence-corrected chi connectivity index (χ3v) is 9.34. The van der Waals surface area contributed by atoms with Crippen molar-refractivity contribution in [3.8, 4) is 0 Å². The van der Waals surface area contributed by atoms with Gasteiger partial charge in [-0.05, 0) is 75.5 Å². The van der Waals surface area contributed by atoms with Crippen LogP contribution in [0, 0.1) is 34.0 Å². The Balaban J connectivity index is 1.65. The SMILES string of the molecule is CC(C)(CN)O/N=C1\CC[C@@]2(C)C(=CC[C@@H]3[C@@H]2CC[C@]2(C)C(=O)CC[C@@H]32)C1(C)C.